The summed E-state index contributed by atoms with van der Waals surface area (Å²) in [4.78, 5) is 27.1. The molecule has 0 fully saturated rings. The molecule has 2 rings (SSSR count). The number of nitro benzene ring substituents is 1. The standard InChI is InChI=1S/C23H33N3O4/c1-2-3-4-5-6-7-8-9-10-11-12-22(23(27)25-18-17-24-19-25)30-21-15-13-20(14-16-21)26(28)29/h13-19,22H,2-12H2,1H3. The molecule has 0 radical (unpaired) electrons. The van der Waals surface area contributed by atoms with Crippen LogP contribution in [0.2, 0.25) is 0 Å². The Balaban J connectivity index is 1.79. The van der Waals surface area contributed by atoms with Crippen LogP contribution in [0.5, 0.6) is 5.75 Å². The number of carbonyl (C=O) groups excluding carboxylic acids is 1. The number of rotatable bonds is 15. The molecule has 1 aromatic heterocycles. The molecule has 1 unspecified atom stereocenters. The molecule has 1 atom stereocenters. The molecule has 2 aromatic rings. The summed E-state index contributed by atoms with van der Waals surface area (Å²) in [5.41, 5.74) is -0.00506. The van der Waals surface area contributed by atoms with Crippen molar-refractivity contribution in [3.05, 3.63) is 53.1 Å². The van der Waals surface area contributed by atoms with Crippen LogP contribution in [0.4, 0.5) is 5.69 Å². The molecule has 1 heterocycles. The quantitative estimate of drug-likeness (QED) is 0.197. The van der Waals surface area contributed by atoms with E-state index in [0.29, 0.717) is 12.2 Å². The zero-order valence-electron chi connectivity index (χ0n) is 17.9. The molecule has 0 aliphatic carbocycles. The van der Waals surface area contributed by atoms with Gasteiger partial charge in [0, 0.05) is 24.5 Å². The monoisotopic (exact) mass is 415 g/mol. The topological polar surface area (TPSA) is 87.3 Å². The van der Waals surface area contributed by atoms with Crippen LogP contribution in [-0.2, 0) is 0 Å². The molecule has 0 spiro atoms. The van der Waals surface area contributed by atoms with Gasteiger partial charge in [-0.25, -0.2) is 4.98 Å². The van der Waals surface area contributed by atoms with Gasteiger partial charge in [-0.05, 0) is 25.0 Å². The van der Waals surface area contributed by atoms with E-state index in [0.717, 1.165) is 19.3 Å². The lowest BCUT2D eigenvalue weighted by Crippen LogP contribution is -2.31. The fraction of sp³-hybridized carbons (Fsp3) is 0.565. The first-order valence-electron chi connectivity index (χ1n) is 11.0. The van der Waals surface area contributed by atoms with Crippen LogP contribution in [-0.4, -0.2) is 26.5 Å². The van der Waals surface area contributed by atoms with Gasteiger partial charge < -0.3 is 4.74 Å². The van der Waals surface area contributed by atoms with E-state index in [9.17, 15) is 14.9 Å². The van der Waals surface area contributed by atoms with Crippen molar-refractivity contribution in [1.82, 2.24) is 9.55 Å². The first-order valence-corrected chi connectivity index (χ1v) is 11.0. The van der Waals surface area contributed by atoms with E-state index in [1.54, 1.807) is 12.4 Å². The lowest BCUT2D eigenvalue weighted by atomic mass is 10.0. The fourth-order valence-electron chi connectivity index (χ4n) is 3.42. The number of aromatic nitrogens is 2. The predicted octanol–water partition coefficient (Wildman–Crippen LogP) is 6.19. The maximum atomic E-state index is 12.8. The minimum Gasteiger partial charge on any atom is -0.481 e. The minimum absolute atomic E-state index is 0.00506. The zero-order chi connectivity index (χ0) is 21.6. The Bertz CT molecular complexity index is 744. The third-order valence-corrected chi connectivity index (χ3v) is 5.18. The molecule has 1 aromatic carbocycles. The lowest BCUT2D eigenvalue weighted by Gasteiger charge is -2.18. The van der Waals surface area contributed by atoms with Gasteiger partial charge in [0.15, 0.2) is 6.10 Å². The van der Waals surface area contributed by atoms with Crippen LogP contribution in [0, 0.1) is 10.1 Å². The van der Waals surface area contributed by atoms with Crippen molar-refractivity contribution in [1.29, 1.82) is 0 Å². The highest BCUT2D eigenvalue weighted by Gasteiger charge is 2.22. The second-order valence-electron chi connectivity index (χ2n) is 7.64. The number of carbonyl (C=O) groups is 1. The van der Waals surface area contributed by atoms with Crippen molar-refractivity contribution in [2.24, 2.45) is 0 Å². The second-order valence-corrected chi connectivity index (χ2v) is 7.64. The van der Waals surface area contributed by atoms with Crippen molar-refractivity contribution in [2.75, 3.05) is 0 Å². The lowest BCUT2D eigenvalue weighted by molar-refractivity contribution is -0.384. The van der Waals surface area contributed by atoms with Crippen molar-refractivity contribution >= 4 is 11.6 Å². The molecular formula is C23H33N3O4. The number of non-ortho nitro benzene ring substituents is 1. The summed E-state index contributed by atoms with van der Waals surface area (Å²) in [5.74, 6) is 0.271. The minimum atomic E-state index is -0.644. The predicted molar refractivity (Wildman–Crippen MR) is 117 cm³/mol. The van der Waals surface area contributed by atoms with E-state index < -0.39 is 11.0 Å². The molecule has 0 N–H and O–H groups in total. The van der Waals surface area contributed by atoms with Gasteiger partial charge in [0.2, 0.25) is 0 Å². The molecule has 0 aliphatic rings. The van der Waals surface area contributed by atoms with Gasteiger partial charge in [-0.2, -0.15) is 0 Å². The van der Waals surface area contributed by atoms with Crippen LogP contribution >= 0.6 is 0 Å². The van der Waals surface area contributed by atoms with E-state index in [1.807, 2.05) is 0 Å². The number of benzene rings is 1. The average molecular weight is 416 g/mol. The number of imidazole rings is 1. The van der Waals surface area contributed by atoms with E-state index in [1.165, 1.54) is 80.1 Å². The smallest absolute Gasteiger partial charge is 0.272 e. The molecule has 0 aliphatic heterocycles. The van der Waals surface area contributed by atoms with Gasteiger partial charge in [0.1, 0.15) is 12.1 Å². The first kappa shape index (κ1) is 23.6. The Morgan fingerprint density at radius 1 is 1.03 bits per heavy atom. The van der Waals surface area contributed by atoms with E-state index in [-0.39, 0.29) is 11.6 Å². The van der Waals surface area contributed by atoms with Gasteiger partial charge in [-0.3, -0.25) is 19.5 Å². The van der Waals surface area contributed by atoms with E-state index in [4.69, 9.17) is 4.74 Å². The number of nitro groups is 1. The number of nitrogens with zero attached hydrogens (tertiary/aromatic N) is 3. The van der Waals surface area contributed by atoms with Crippen molar-refractivity contribution in [3.8, 4) is 5.75 Å². The summed E-state index contributed by atoms with van der Waals surface area (Å²) >= 11 is 0. The number of unbranched alkanes of at least 4 members (excludes halogenated alkanes) is 9. The Kier molecular flexibility index (Phi) is 10.6. The largest absolute Gasteiger partial charge is 0.481 e. The summed E-state index contributed by atoms with van der Waals surface area (Å²) in [5, 5.41) is 10.8. The van der Waals surface area contributed by atoms with Gasteiger partial charge in [0.05, 0.1) is 4.92 Å². The third kappa shape index (κ3) is 8.35. The summed E-state index contributed by atoms with van der Waals surface area (Å²) in [6.45, 7) is 2.23. The highest BCUT2D eigenvalue weighted by molar-refractivity contribution is 5.83. The fourth-order valence-corrected chi connectivity index (χ4v) is 3.42. The summed E-state index contributed by atoms with van der Waals surface area (Å²) < 4.78 is 7.32. The molecule has 0 saturated heterocycles. The summed E-state index contributed by atoms with van der Waals surface area (Å²) in [6, 6.07) is 5.83. The molecule has 7 nitrogen and oxygen atoms in total. The molecule has 0 amide bonds. The second kappa shape index (κ2) is 13.5. The summed E-state index contributed by atoms with van der Waals surface area (Å²) in [7, 11) is 0. The van der Waals surface area contributed by atoms with Crippen molar-refractivity contribution in [2.45, 2.75) is 83.7 Å². The Labute approximate surface area is 178 Å². The molecule has 0 bridgehead atoms. The van der Waals surface area contributed by atoms with Crippen LogP contribution in [0.3, 0.4) is 0 Å². The molecule has 0 saturated carbocycles. The van der Waals surface area contributed by atoms with Crippen LogP contribution in [0.25, 0.3) is 0 Å². The molecule has 30 heavy (non-hydrogen) atoms. The highest BCUT2D eigenvalue weighted by Crippen LogP contribution is 2.21. The third-order valence-electron chi connectivity index (χ3n) is 5.18. The number of hydrogen-bond donors (Lipinski definition) is 0. The van der Waals surface area contributed by atoms with Crippen molar-refractivity contribution in [3.63, 3.8) is 0 Å². The Morgan fingerprint density at radius 2 is 1.63 bits per heavy atom. The van der Waals surface area contributed by atoms with Crippen molar-refractivity contribution < 1.29 is 14.5 Å². The molecular weight excluding hydrogens is 382 g/mol. The normalized spacial score (nSPS) is 11.9. The molecule has 164 valence electrons. The van der Waals surface area contributed by atoms with E-state index in [2.05, 4.69) is 11.9 Å². The van der Waals surface area contributed by atoms with E-state index >= 15 is 0 Å². The van der Waals surface area contributed by atoms with Gasteiger partial charge in [-0.1, -0.05) is 64.7 Å². The first-order chi connectivity index (χ1) is 14.6. The van der Waals surface area contributed by atoms with Gasteiger partial charge in [-0.15, -0.1) is 0 Å². The van der Waals surface area contributed by atoms with Crippen LogP contribution in [0.15, 0.2) is 43.0 Å². The maximum absolute atomic E-state index is 12.8. The van der Waals surface area contributed by atoms with Crippen LogP contribution < -0.4 is 4.74 Å². The van der Waals surface area contributed by atoms with Gasteiger partial charge >= 0.3 is 0 Å². The van der Waals surface area contributed by atoms with Crippen LogP contribution in [0.1, 0.15) is 82.3 Å². The maximum Gasteiger partial charge on any atom is 0.272 e. The molecule has 7 heteroatoms. The summed E-state index contributed by atoms with van der Waals surface area (Å²) in [6.07, 6.45) is 16.8. The Morgan fingerprint density at radius 3 is 2.17 bits per heavy atom. The number of ether oxygens (including phenoxy) is 1. The number of hydrogen-bond acceptors (Lipinski definition) is 5. The Hall–Kier alpha value is -2.70. The zero-order valence-corrected chi connectivity index (χ0v) is 17.9. The highest BCUT2D eigenvalue weighted by atomic mass is 16.6. The SMILES string of the molecule is CCCCCCCCCCCCC(Oc1ccc([N+](=O)[O-])cc1)C(=O)n1ccnc1. The average Bonchev–Trinajstić information content (AvgIpc) is 3.29. The van der Waals surface area contributed by atoms with Gasteiger partial charge in [0.25, 0.3) is 11.6 Å².